The van der Waals surface area contributed by atoms with Gasteiger partial charge in [-0.2, -0.15) is 0 Å². The zero-order valence-corrected chi connectivity index (χ0v) is 10.9. The second-order valence-electron chi connectivity index (χ2n) is 5.31. The quantitative estimate of drug-likeness (QED) is 0.776. The lowest BCUT2D eigenvalue weighted by Crippen LogP contribution is -2.27. The lowest BCUT2D eigenvalue weighted by Gasteiger charge is -2.23. The lowest BCUT2D eigenvalue weighted by atomic mass is 9.91. The van der Waals surface area contributed by atoms with Crippen LogP contribution in [0.25, 0.3) is 0 Å². The van der Waals surface area contributed by atoms with Crippen molar-refractivity contribution in [2.45, 2.75) is 39.2 Å². The summed E-state index contributed by atoms with van der Waals surface area (Å²) in [6.45, 7) is 2.80. The van der Waals surface area contributed by atoms with Gasteiger partial charge >= 0.3 is 0 Å². The summed E-state index contributed by atoms with van der Waals surface area (Å²) in [5, 5.41) is 0. The summed E-state index contributed by atoms with van der Waals surface area (Å²) in [7, 11) is 0. The Labute approximate surface area is 108 Å². The highest BCUT2D eigenvalue weighted by Crippen LogP contribution is 2.39. The zero-order chi connectivity index (χ0) is 12.5. The van der Waals surface area contributed by atoms with Crippen LogP contribution in [-0.4, -0.2) is 10.8 Å². The van der Waals surface area contributed by atoms with Crippen LogP contribution >= 0.6 is 0 Å². The molecule has 2 aliphatic rings. The van der Waals surface area contributed by atoms with Crippen LogP contribution in [-0.2, 0) is 11.3 Å². The molecule has 0 saturated carbocycles. The molecule has 0 saturated heterocycles. The molecule has 2 heteroatoms. The Morgan fingerprint density at radius 3 is 2.67 bits per heavy atom. The van der Waals surface area contributed by atoms with Crippen LogP contribution in [0.5, 0.6) is 0 Å². The third-order valence-corrected chi connectivity index (χ3v) is 4.15. The maximum atomic E-state index is 12.4. The van der Waals surface area contributed by atoms with E-state index in [1.807, 2.05) is 23.1 Å². The normalized spacial score (nSPS) is 23.5. The van der Waals surface area contributed by atoms with Gasteiger partial charge in [-0.3, -0.25) is 4.79 Å². The molecule has 0 aromatic heterocycles. The number of carbonyl (C=O) groups excluding carboxylic acids is 1. The summed E-state index contributed by atoms with van der Waals surface area (Å²) in [5.74, 6) is 0.412. The Bertz CT molecular complexity index is 489. The fourth-order valence-electron chi connectivity index (χ4n) is 3.14. The Balaban J connectivity index is 1.87. The number of hydrogen-bond acceptors (Lipinski definition) is 1. The first-order valence-corrected chi connectivity index (χ1v) is 6.84. The van der Waals surface area contributed by atoms with Crippen molar-refractivity contribution < 1.29 is 4.79 Å². The van der Waals surface area contributed by atoms with Crippen molar-refractivity contribution in [2.75, 3.05) is 0 Å². The third-order valence-electron chi connectivity index (χ3n) is 4.15. The molecule has 0 spiro atoms. The number of rotatable bonds is 2. The van der Waals surface area contributed by atoms with E-state index in [0.29, 0.717) is 5.91 Å². The average Bonchev–Trinajstić information content (AvgIpc) is 2.66. The maximum absolute atomic E-state index is 12.4. The van der Waals surface area contributed by atoms with Crippen molar-refractivity contribution in [2.24, 2.45) is 5.92 Å². The van der Waals surface area contributed by atoms with E-state index in [0.717, 1.165) is 19.4 Å². The van der Waals surface area contributed by atoms with Gasteiger partial charge in [-0.15, -0.1) is 0 Å². The molecule has 1 aromatic carbocycles. The molecular weight excluding hydrogens is 222 g/mol. The minimum absolute atomic E-state index is 0.115. The Morgan fingerprint density at radius 2 is 1.89 bits per heavy atom. The number of hydrogen-bond donors (Lipinski definition) is 0. The highest BCUT2D eigenvalue weighted by Gasteiger charge is 2.37. The summed E-state index contributed by atoms with van der Waals surface area (Å²) in [6.07, 6.45) is 4.67. The Morgan fingerprint density at radius 1 is 1.17 bits per heavy atom. The summed E-state index contributed by atoms with van der Waals surface area (Å²) < 4.78 is 0. The first kappa shape index (κ1) is 11.5. The van der Waals surface area contributed by atoms with E-state index in [2.05, 4.69) is 19.1 Å². The second kappa shape index (κ2) is 4.60. The van der Waals surface area contributed by atoms with Gasteiger partial charge in [0.05, 0.1) is 12.5 Å². The predicted octanol–water partition coefficient (Wildman–Crippen LogP) is 3.49. The number of allylic oxidation sites excluding steroid dienone is 1. The highest BCUT2D eigenvalue weighted by atomic mass is 16.2. The van der Waals surface area contributed by atoms with Crippen LogP contribution in [0.2, 0.25) is 0 Å². The molecule has 1 aliphatic heterocycles. The molecule has 2 nitrogen and oxygen atoms in total. The summed E-state index contributed by atoms with van der Waals surface area (Å²) >= 11 is 0. The number of amides is 1. The molecule has 1 unspecified atom stereocenters. The van der Waals surface area contributed by atoms with E-state index in [9.17, 15) is 4.79 Å². The van der Waals surface area contributed by atoms with Crippen molar-refractivity contribution in [3.05, 3.63) is 47.2 Å². The Hall–Kier alpha value is -1.57. The second-order valence-corrected chi connectivity index (χ2v) is 5.31. The lowest BCUT2D eigenvalue weighted by molar-refractivity contribution is -0.130. The predicted molar refractivity (Wildman–Crippen MR) is 71.7 cm³/mol. The van der Waals surface area contributed by atoms with E-state index in [1.165, 1.54) is 29.7 Å². The van der Waals surface area contributed by atoms with Crippen LogP contribution in [0.4, 0.5) is 0 Å². The van der Waals surface area contributed by atoms with Gasteiger partial charge in [-0.1, -0.05) is 30.3 Å². The van der Waals surface area contributed by atoms with Gasteiger partial charge < -0.3 is 4.90 Å². The van der Waals surface area contributed by atoms with E-state index >= 15 is 0 Å². The topological polar surface area (TPSA) is 20.3 Å². The molecule has 1 atom stereocenters. The molecule has 0 fully saturated rings. The van der Waals surface area contributed by atoms with Gasteiger partial charge in [0.1, 0.15) is 0 Å². The monoisotopic (exact) mass is 241 g/mol. The molecule has 0 bridgehead atoms. The molecule has 3 rings (SSSR count). The van der Waals surface area contributed by atoms with Gasteiger partial charge in [0.15, 0.2) is 0 Å². The van der Waals surface area contributed by atoms with Crippen LogP contribution in [0.1, 0.15) is 38.2 Å². The molecule has 1 heterocycles. The Kier molecular flexibility index (Phi) is 2.94. The maximum Gasteiger partial charge on any atom is 0.234 e. The van der Waals surface area contributed by atoms with Crippen molar-refractivity contribution in [3.8, 4) is 0 Å². The van der Waals surface area contributed by atoms with E-state index in [-0.39, 0.29) is 5.92 Å². The zero-order valence-electron chi connectivity index (χ0n) is 10.9. The number of carbonyl (C=O) groups is 1. The van der Waals surface area contributed by atoms with E-state index < -0.39 is 0 Å². The van der Waals surface area contributed by atoms with Crippen molar-refractivity contribution >= 4 is 5.91 Å². The third kappa shape index (κ3) is 1.86. The van der Waals surface area contributed by atoms with Gasteiger partial charge in [-0.05, 0) is 43.7 Å². The van der Waals surface area contributed by atoms with Crippen LogP contribution < -0.4 is 0 Å². The first-order valence-electron chi connectivity index (χ1n) is 6.84. The number of benzene rings is 1. The summed E-state index contributed by atoms with van der Waals surface area (Å²) in [6, 6.07) is 10.3. The minimum atomic E-state index is 0.115. The van der Waals surface area contributed by atoms with Crippen LogP contribution in [0, 0.1) is 5.92 Å². The SMILES string of the molecule is CC1C(=O)N(Cc2ccccc2)C2=C1CCCC2. The van der Waals surface area contributed by atoms with Gasteiger partial charge in [0, 0.05) is 5.70 Å². The number of nitrogens with zero attached hydrogens (tertiary/aromatic N) is 1. The molecule has 1 aliphatic carbocycles. The average molecular weight is 241 g/mol. The summed E-state index contributed by atoms with van der Waals surface area (Å²) in [4.78, 5) is 14.4. The van der Waals surface area contributed by atoms with Crippen LogP contribution in [0.15, 0.2) is 41.6 Å². The van der Waals surface area contributed by atoms with Crippen LogP contribution in [0.3, 0.4) is 0 Å². The fraction of sp³-hybridized carbons (Fsp3) is 0.438. The standard InChI is InChI=1S/C16H19NO/c1-12-14-9-5-6-10-15(14)17(16(12)18)11-13-7-3-2-4-8-13/h2-4,7-8,12H,5-6,9-11H2,1H3. The van der Waals surface area contributed by atoms with Gasteiger partial charge in [-0.25, -0.2) is 0 Å². The first-order chi connectivity index (χ1) is 8.77. The van der Waals surface area contributed by atoms with Crippen molar-refractivity contribution in [3.63, 3.8) is 0 Å². The van der Waals surface area contributed by atoms with Crippen molar-refractivity contribution in [1.29, 1.82) is 0 Å². The highest BCUT2D eigenvalue weighted by molar-refractivity contribution is 5.86. The largest absolute Gasteiger partial charge is 0.311 e. The van der Waals surface area contributed by atoms with Gasteiger partial charge in [0.25, 0.3) is 0 Å². The van der Waals surface area contributed by atoms with Gasteiger partial charge in [0.2, 0.25) is 5.91 Å². The molecule has 18 heavy (non-hydrogen) atoms. The summed E-state index contributed by atoms with van der Waals surface area (Å²) in [5.41, 5.74) is 3.95. The molecule has 0 N–H and O–H groups in total. The molecular formula is C16H19NO. The smallest absolute Gasteiger partial charge is 0.234 e. The van der Waals surface area contributed by atoms with Crippen molar-refractivity contribution in [1.82, 2.24) is 4.90 Å². The molecule has 0 radical (unpaired) electrons. The minimum Gasteiger partial charge on any atom is -0.311 e. The fourth-order valence-corrected chi connectivity index (χ4v) is 3.14. The molecule has 1 aromatic rings. The van der Waals surface area contributed by atoms with E-state index in [1.54, 1.807) is 0 Å². The molecule has 1 amide bonds. The molecule has 94 valence electrons. The van der Waals surface area contributed by atoms with E-state index in [4.69, 9.17) is 0 Å².